The molecule has 2 saturated heterocycles. The molecule has 3 amide bonds. The van der Waals surface area contributed by atoms with Gasteiger partial charge < -0.3 is 10.6 Å². The average molecular weight is 296 g/mol. The average Bonchev–Trinajstić information content (AvgIpc) is 2.46. The lowest BCUT2D eigenvalue weighted by Gasteiger charge is -2.45. The number of nitrogens with zero attached hydrogens (tertiary/aromatic N) is 1. The van der Waals surface area contributed by atoms with Crippen LogP contribution in [0.2, 0.25) is 0 Å². The van der Waals surface area contributed by atoms with Crippen LogP contribution in [0.4, 0.5) is 4.79 Å². The van der Waals surface area contributed by atoms with Crippen molar-refractivity contribution in [1.29, 1.82) is 0 Å². The summed E-state index contributed by atoms with van der Waals surface area (Å²) in [7, 11) is 0. The van der Waals surface area contributed by atoms with Crippen LogP contribution >= 0.6 is 0 Å². The van der Waals surface area contributed by atoms with E-state index in [9.17, 15) is 9.59 Å². The van der Waals surface area contributed by atoms with Gasteiger partial charge >= 0.3 is 6.03 Å². The number of rotatable bonds is 4. The van der Waals surface area contributed by atoms with E-state index in [4.69, 9.17) is 0 Å². The van der Waals surface area contributed by atoms with Crippen molar-refractivity contribution in [2.45, 2.75) is 39.0 Å². The van der Waals surface area contributed by atoms with Crippen LogP contribution in [-0.2, 0) is 4.79 Å². The van der Waals surface area contributed by atoms with Crippen molar-refractivity contribution in [2.75, 3.05) is 39.3 Å². The van der Waals surface area contributed by atoms with Gasteiger partial charge in [-0.25, -0.2) is 4.79 Å². The summed E-state index contributed by atoms with van der Waals surface area (Å²) in [5.74, 6) is -0.204. The summed E-state index contributed by atoms with van der Waals surface area (Å²) >= 11 is 0. The zero-order valence-electron chi connectivity index (χ0n) is 13.0. The van der Waals surface area contributed by atoms with Gasteiger partial charge in [0.1, 0.15) is 0 Å². The lowest BCUT2D eigenvalue weighted by molar-refractivity contribution is -0.122. The van der Waals surface area contributed by atoms with Gasteiger partial charge in [0, 0.05) is 19.6 Å². The molecule has 6 heteroatoms. The van der Waals surface area contributed by atoms with Crippen molar-refractivity contribution in [3.8, 4) is 0 Å². The molecule has 0 aromatic carbocycles. The Balaban J connectivity index is 1.76. The van der Waals surface area contributed by atoms with Gasteiger partial charge in [-0.05, 0) is 50.6 Å². The predicted molar refractivity (Wildman–Crippen MR) is 82.0 cm³/mol. The summed E-state index contributed by atoms with van der Waals surface area (Å²) in [6, 6.07) is -0.382. The van der Waals surface area contributed by atoms with E-state index in [1.807, 2.05) is 6.92 Å². The summed E-state index contributed by atoms with van der Waals surface area (Å²) in [5.41, 5.74) is 0.335. The van der Waals surface area contributed by atoms with E-state index in [2.05, 4.69) is 20.9 Å². The highest BCUT2D eigenvalue weighted by atomic mass is 16.2. The van der Waals surface area contributed by atoms with Crippen molar-refractivity contribution in [3.63, 3.8) is 0 Å². The Bertz CT molecular complexity index is 361. The fraction of sp³-hybridized carbons (Fsp3) is 0.867. The zero-order chi connectivity index (χ0) is 15.1. The number of imide groups is 1. The minimum Gasteiger partial charge on any atom is -0.338 e. The summed E-state index contributed by atoms with van der Waals surface area (Å²) in [6.07, 6.45) is 5.71. The molecule has 2 fully saturated rings. The molecule has 2 heterocycles. The van der Waals surface area contributed by atoms with Crippen LogP contribution in [0.3, 0.4) is 0 Å². The van der Waals surface area contributed by atoms with Gasteiger partial charge in [0.15, 0.2) is 0 Å². The molecule has 3 N–H and O–H groups in total. The van der Waals surface area contributed by atoms with Gasteiger partial charge in [-0.3, -0.25) is 15.0 Å². The van der Waals surface area contributed by atoms with E-state index < -0.39 is 0 Å². The third kappa shape index (κ3) is 4.97. The number of carbonyl (C=O) groups is 2. The molecule has 0 radical (unpaired) electrons. The second-order valence-electron chi connectivity index (χ2n) is 6.40. The van der Waals surface area contributed by atoms with Crippen LogP contribution < -0.4 is 16.0 Å². The molecule has 0 aliphatic carbocycles. The molecule has 1 spiro atoms. The maximum atomic E-state index is 11.9. The summed E-state index contributed by atoms with van der Waals surface area (Å²) in [4.78, 5) is 25.6. The second-order valence-corrected chi connectivity index (χ2v) is 6.40. The van der Waals surface area contributed by atoms with Crippen LogP contribution in [-0.4, -0.2) is 56.1 Å². The molecule has 1 atom stereocenters. The first-order valence-electron chi connectivity index (χ1n) is 8.14. The van der Waals surface area contributed by atoms with Crippen molar-refractivity contribution in [2.24, 2.45) is 5.41 Å². The minimum absolute atomic E-state index is 0.204. The molecule has 2 rings (SSSR count). The number of likely N-dealkylation sites (tertiary alicyclic amines) is 1. The van der Waals surface area contributed by atoms with Gasteiger partial charge in [0.05, 0.1) is 6.54 Å². The first-order chi connectivity index (χ1) is 10.1. The molecule has 0 bridgehead atoms. The fourth-order valence-corrected chi connectivity index (χ4v) is 3.48. The van der Waals surface area contributed by atoms with E-state index in [-0.39, 0.29) is 11.9 Å². The Morgan fingerprint density at radius 2 is 2.10 bits per heavy atom. The largest absolute Gasteiger partial charge is 0.338 e. The van der Waals surface area contributed by atoms with Gasteiger partial charge in [-0.15, -0.1) is 0 Å². The monoisotopic (exact) mass is 296 g/mol. The number of nitrogens with one attached hydrogen (secondary N) is 3. The molecule has 0 saturated carbocycles. The molecule has 0 aromatic heterocycles. The molecular weight excluding hydrogens is 268 g/mol. The number of amides is 3. The summed E-state index contributed by atoms with van der Waals surface area (Å²) in [6.45, 7) is 6.98. The first kappa shape index (κ1) is 16.2. The highest BCUT2D eigenvalue weighted by Gasteiger charge is 2.36. The third-order valence-electron chi connectivity index (χ3n) is 4.46. The minimum atomic E-state index is -0.382. The molecule has 120 valence electrons. The molecule has 2 aliphatic rings. The Kier molecular flexibility index (Phi) is 5.99. The summed E-state index contributed by atoms with van der Waals surface area (Å²) in [5, 5.41) is 8.55. The van der Waals surface area contributed by atoms with Crippen molar-refractivity contribution in [3.05, 3.63) is 0 Å². The lowest BCUT2D eigenvalue weighted by atomic mass is 9.74. The van der Waals surface area contributed by atoms with Crippen molar-refractivity contribution >= 4 is 11.9 Å². The van der Waals surface area contributed by atoms with Crippen molar-refractivity contribution in [1.82, 2.24) is 20.9 Å². The van der Waals surface area contributed by atoms with E-state index in [0.29, 0.717) is 18.5 Å². The van der Waals surface area contributed by atoms with Gasteiger partial charge in [-0.2, -0.15) is 0 Å². The molecule has 1 unspecified atom stereocenters. The maximum Gasteiger partial charge on any atom is 0.321 e. The third-order valence-corrected chi connectivity index (χ3v) is 4.46. The Morgan fingerprint density at radius 1 is 1.29 bits per heavy atom. The van der Waals surface area contributed by atoms with E-state index >= 15 is 0 Å². The summed E-state index contributed by atoms with van der Waals surface area (Å²) < 4.78 is 0. The van der Waals surface area contributed by atoms with Gasteiger partial charge in [0.2, 0.25) is 5.91 Å². The second kappa shape index (κ2) is 7.75. The number of piperidine rings is 2. The predicted octanol–water partition coefficient (Wildman–Crippen LogP) is 0.688. The number of carbonyl (C=O) groups excluding carboxylic acids is 2. The molecule has 0 aromatic rings. The van der Waals surface area contributed by atoms with Crippen LogP contribution in [0.15, 0.2) is 0 Å². The van der Waals surface area contributed by atoms with Crippen LogP contribution in [0.1, 0.15) is 39.0 Å². The quantitative estimate of drug-likeness (QED) is 0.713. The lowest BCUT2D eigenvalue weighted by Crippen LogP contribution is -2.53. The zero-order valence-corrected chi connectivity index (χ0v) is 13.0. The van der Waals surface area contributed by atoms with Crippen LogP contribution in [0.5, 0.6) is 0 Å². The Labute approximate surface area is 127 Å². The van der Waals surface area contributed by atoms with Crippen molar-refractivity contribution < 1.29 is 9.59 Å². The van der Waals surface area contributed by atoms with E-state index in [1.54, 1.807) is 0 Å². The van der Waals surface area contributed by atoms with Crippen LogP contribution in [0, 0.1) is 5.41 Å². The normalized spacial score (nSPS) is 26.5. The van der Waals surface area contributed by atoms with Crippen LogP contribution in [0.25, 0.3) is 0 Å². The Hall–Kier alpha value is -1.14. The highest BCUT2D eigenvalue weighted by molar-refractivity contribution is 5.95. The molecule has 21 heavy (non-hydrogen) atoms. The molecule has 2 aliphatic heterocycles. The number of hydrogen-bond acceptors (Lipinski definition) is 4. The van der Waals surface area contributed by atoms with Gasteiger partial charge in [0.25, 0.3) is 0 Å². The molecule has 6 nitrogen and oxygen atoms in total. The first-order valence-corrected chi connectivity index (χ1v) is 8.14. The Morgan fingerprint density at radius 3 is 2.81 bits per heavy atom. The van der Waals surface area contributed by atoms with Gasteiger partial charge in [-0.1, -0.05) is 6.92 Å². The number of hydrogen-bond donors (Lipinski definition) is 3. The standard InChI is InChI=1S/C15H28N4O2/c1-2-7-17-14(21)18-13(20)10-19-9-4-6-15(12-19)5-3-8-16-11-15/h16H,2-12H2,1H3,(H2,17,18,20,21). The van der Waals surface area contributed by atoms with E-state index in [1.165, 1.54) is 19.3 Å². The van der Waals surface area contributed by atoms with E-state index in [0.717, 1.165) is 39.0 Å². The maximum absolute atomic E-state index is 11.9. The topological polar surface area (TPSA) is 73.5 Å². The highest BCUT2D eigenvalue weighted by Crippen LogP contribution is 2.35. The molecular formula is C15H28N4O2. The fourth-order valence-electron chi connectivity index (χ4n) is 3.48. The SMILES string of the molecule is CCCNC(=O)NC(=O)CN1CCCC2(CCCNC2)C1. The smallest absolute Gasteiger partial charge is 0.321 e. The number of urea groups is 1.